The van der Waals surface area contributed by atoms with Gasteiger partial charge in [-0.05, 0) is 25.2 Å². The van der Waals surface area contributed by atoms with E-state index in [1.807, 2.05) is 18.7 Å². The summed E-state index contributed by atoms with van der Waals surface area (Å²) in [5, 5.41) is 6.84. The Balaban J connectivity index is 2.58. The smallest absolute Gasteiger partial charge is 0.225 e. The number of carbonyl (C=O) groups excluding carboxylic acids is 1. The standard InChI is InChI=1S/C19H38N4O2/c1-8-20-18(21-13-16(25-7)19(4,5)6)22-15-9-11-23(12-10-15)17(24)14(2)3/h14-16H,8-13H2,1-7H3,(H2,20,21,22). The fraction of sp³-hybridized carbons (Fsp3) is 0.895. The van der Waals surface area contributed by atoms with Crippen LogP contribution in [0.15, 0.2) is 4.99 Å². The molecule has 6 heteroatoms. The Labute approximate surface area is 153 Å². The highest BCUT2D eigenvalue weighted by molar-refractivity contribution is 5.80. The molecule has 1 fully saturated rings. The third kappa shape index (κ3) is 7.22. The van der Waals surface area contributed by atoms with Crippen LogP contribution in [-0.2, 0) is 9.53 Å². The van der Waals surface area contributed by atoms with E-state index in [-0.39, 0.29) is 23.3 Å². The summed E-state index contributed by atoms with van der Waals surface area (Å²) in [6, 6.07) is 0.352. The third-order valence-corrected chi connectivity index (χ3v) is 4.65. The minimum absolute atomic E-state index is 0.0537. The van der Waals surface area contributed by atoms with Crippen molar-refractivity contribution in [3.8, 4) is 0 Å². The van der Waals surface area contributed by atoms with Gasteiger partial charge in [0.2, 0.25) is 5.91 Å². The topological polar surface area (TPSA) is 66.0 Å². The zero-order valence-electron chi connectivity index (χ0n) is 17.2. The molecule has 1 aliphatic heterocycles. The van der Waals surface area contributed by atoms with Crippen LogP contribution in [0.25, 0.3) is 0 Å². The molecule has 0 radical (unpaired) electrons. The first kappa shape index (κ1) is 21.7. The Morgan fingerprint density at radius 2 is 1.88 bits per heavy atom. The number of ether oxygens (including phenoxy) is 1. The van der Waals surface area contributed by atoms with E-state index in [2.05, 4.69) is 38.3 Å². The second-order valence-electron chi connectivity index (χ2n) is 8.21. The lowest BCUT2D eigenvalue weighted by Gasteiger charge is -2.34. The number of nitrogens with one attached hydrogen (secondary N) is 2. The van der Waals surface area contributed by atoms with E-state index in [4.69, 9.17) is 9.73 Å². The quantitative estimate of drug-likeness (QED) is 0.567. The van der Waals surface area contributed by atoms with Crippen molar-refractivity contribution >= 4 is 11.9 Å². The van der Waals surface area contributed by atoms with E-state index in [1.54, 1.807) is 7.11 Å². The van der Waals surface area contributed by atoms with Gasteiger partial charge in [0, 0.05) is 38.7 Å². The van der Waals surface area contributed by atoms with Crippen LogP contribution in [0.5, 0.6) is 0 Å². The van der Waals surface area contributed by atoms with Crippen LogP contribution in [0.2, 0.25) is 0 Å². The Morgan fingerprint density at radius 3 is 2.32 bits per heavy atom. The number of methoxy groups -OCH3 is 1. The van der Waals surface area contributed by atoms with Crippen molar-refractivity contribution in [1.82, 2.24) is 15.5 Å². The molecule has 1 atom stereocenters. The SMILES string of the molecule is CCNC(=NCC(OC)C(C)(C)C)NC1CCN(C(=O)C(C)C)CC1. The van der Waals surface area contributed by atoms with Crippen LogP contribution in [0, 0.1) is 11.3 Å². The molecule has 0 aliphatic carbocycles. The molecule has 0 aromatic carbocycles. The van der Waals surface area contributed by atoms with E-state index >= 15 is 0 Å². The fourth-order valence-corrected chi connectivity index (χ4v) is 3.00. The van der Waals surface area contributed by atoms with Crippen molar-refractivity contribution in [2.45, 2.75) is 66.5 Å². The summed E-state index contributed by atoms with van der Waals surface area (Å²) in [6.07, 6.45) is 1.99. The fourth-order valence-electron chi connectivity index (χ4n) is 3.00. The summed E-state index contributed by atoms with van der Waals surface area (Å²) in [7, 11) is 1.74. The molecule has 1 heterocycles. The van der Waals surface area contributed by atoms with Crippen LogP contribution in [-0.4, -0.2) is 62.2 Å². The first-order chi connectivity index (χ1) is 11.7. The predicted molar refractivity (Wildman–Crippen MR) is 104 cm³/mol. The predicted octanol–water partition coefficient (Wildman–Crippen LogP) is 2.25. The highest BCUT2D eigenvalue weighted by atomic mass is 16.5. The van der Waals surface area contributed by atoms with Gasteiger partial charge in [-0.2, -0.15) is 0 Å². The van der Waals surface area contributed by atoms with E-state index in [9.17, 15) is 4.79 Å². The molecule has 0 aromatic heterocycles. The summed E-state index contributed by atoms with van der Waals surface area (Å²) in [6.45, 7) is 15.6. The average molecular weight is 355 g/mol. The number of amides is 1. The molecule has 6 nitrogen and oxygen atoms in total. The van der Waals surface area contributed by atoms with Crippen LogP contribution in [0.4, 0.5) is 0 Å². The molecule has 0 spiro atoms. The number of likely N-dealkylation sites (tertiary alicyclic amines) is 1. The van der Waals surface area contributed by atoms with E-state index in [1.165, 1.54) is 0 Å². The number of hydrogen-bond acceptors (Lipinski definition) is 3. The molecule has 2 N–H and O–H groups in total. The minimum atomic E-state index is 0.0537. The van der Waals surface area contributed by atoms with Crippen LogP contribution >= 0.6 is 0 Å². The van der Waals surface area contributed by atoms with Crippen molar-refractivity contribution in [1.29, 1.82) is 0 Å². The number of rotatable bonds is 6. The van der Waals surface area contributed by atoms with E-state index < -0.39 is 0 Å². The Bertz CT molecular complexity index is 435. The third-order valence-electron chi connectivity index (χ3n) is 4.65. The lowest BCUT2D eigenvalue weighted by atomic mass is 9.89. The lowest BCUT2D eigenvalue weighted by molar-refractivity contribution is -0.135. The molecule has 146 valence electrons. The van der Waals surface area contributed by atoms with Crippen LogP contribution in [0.3, 0.4) is 0 Å². The summed E-state index contributed by atoms with van der Waals surface area (Å²) in [4.78, 5) is 18.8. The van der Waals surface area contributed by atoms with Gasteiger partial charge in [-0.3, -0.25) is 9.79 Å². The molecule has 1 saturated heterocycles. The first-order valence-corrected chi connectivity index (χ1v) is 9.55. The molecule has 25 heavy (non-hydrogen) atoms. The Kier molecular flexibility index (Phi) is 8.69. The van der Waals surface area contributed by atoms with Gasteiger partial charge >= 0.3 is 0 Å². The molecule has 1 amide bonds. The summed E-state index contributed by atoms with van der Waals surface area (Å²) in [5.41, 5.74) is 0.0537. The van der Waals surface area contributed by atoms with Gasteiger partial charge in [0.25, 0.3) is 0 Å². The van der Waals surface area contributed by atoms with Gasteiger partial charge in [-0.1, -0.05) is 34.6 Å². The van der Waals surface area contributed by atoms with Gasteiger partial charge in [0.05, 0.1) is 12.6 Å². The molecule has 0 bridgehead atoms. The van der Waals surface area contributed by atoms with Gasteiger partial charge in [-0.25, -0.2) is 0 Å². The number of piperidine rings is 1. The normalized spacial score (nSPS) is 18.4. The van der Waals surface area contributed by atoms with E-state index in [0.29, 0.717) is 12.6 Å². The van der Waals surface area contributed by atoms with Gasteiger partial charge in [0.15, 0.2) is 5.96 Å². The van der Waals surface area contributed by atoms with Gasteiger partial charge < -0.3 is 20.3 Å². The monoisotopic (exact) mass is 354 g/mol. The minimum Gasteiger partial charge on any atom is -0.379 e. The maximum Gasteiger partial charge on any atom is 0.225 e. The zero-order valence-corrected chi connectivity index (χ0v) is 17.2. The molecule has 1 unspecified atom stereocenters. The van der Waals surface area contributed by atoms with Crippen molar-refractivity contribution in [3.63, 3.8) is 0 Å². The Morgan fingerprint density at radius 1 is 1.28 bits per heavy atom. The van der Waals surface area contributed by atoms with Crippen molar-refractivity contribution in [2.75, 3.05) is 33.3 Å². The zero-order chi connectivity index (χ0) is 19.0. The number of carbonyl (C=O) groups is 1. The number of guanidine groups is 1. The van der Waals surface area contributed by atoms with Crippen molar-refractivity contribution < 1.29 is 9.53 Å². The number of nitrogens with zero attached hydrogens (tertiary/aromatic N) is 2. The van der Waals surface area contributed by atoms with Gasteiger partial charge in [0.1, 0.15) is 0 Å². The largest absolute Gasteiger partial charge is 0.379 e. The molecular weight excluding hydrogens is 316 g/mol. The second kappa shape index (κ2) is 10.00. The average Bonchev–Trinajstić information content (AvgIpc) is 2.54. The maximum atomic E-state index is 12.1. The molecule has 1 aliphatic rings. The van der Waals surface area contributed by atoms with Crippen LogP contribution in [0.1, 0.15) is 54.4 Å². The van der Waals surface area contributed by atoms with E-state index in [0.717, 1.165) is 38.4 Å². The van der Waals surface area contributed by atoms with Crippen LogP contribution < -0.4 is 10.6 Å². The maximum absolute atomic E-state index is 12.1. The molecular formula is C19H38N4O2. The summed E-state index contributed by atoms with van der Waals surface area (Å²) >= 11 is 0. The first-order valence-electron chi connectivity index (χ1n) is 9.55. The molecule has 0 aromatic rings. The van der Waals surface area contributed by atoms with Crippen molar-refractivity contribution in [2.24, 2.45) is 16.3 Å². The lowest BCUT2D eigenvalue weighted by Crippen LogP contribution is -2.50. The highest BCUT2D eigenvalue weighted by Gasteiger charge is 2.26. The molecule has 0 saturated carbocycles. The number of hydrogen-bond donors (Lipinski definition) is 2. The van der Waals surface area contributed by atoms with Crippen molar-refractivity contribution in [3.05, 3.63) is 0 Å². The highest BCUT2D eigenvalue weighted by Crippen LogP contribution is 2.22. The van der Waals surface area contributed by atoms with Gasteiger partial charge in [-0.15, -0.1) is 0 Å². The summed E-state index contributed by atoms with van der Waals surface area (Å²) < 4.78 is 5.59. The second-order valence-corrected chi connectivity index (χ2v) is 8.21. The molecule has 1 rings (SSSR count). The number of aliphatic imine (C=N–C) groups is 1. The summed E-state index contributed by atoms with van der Waals surface area (Å²) in [5.74, 6) is 1.17. The Hall–Kier alpha value is -1.30.